The van der Waals surface area contributed by atoms with Crippen LogP contribution in [0, 0.1) is 0 Å². The topological polar surface area (TPSA) is 77.0 Å². The first kappa shape index (κ1) is 19.0. The van der Waals surface area contributed by atoms with E-state index in [0.717, 1.165) is 16.5 Å². The lowest BCUT2D eigenvalue weighted by Crippen LogP contribution is -2.23. The van der Waals surface area contributed by atoms with Crippen LogP contribution in [0.5, 0.6) is 0 Å². The molecule has 0 bridgehead atoms. The second-order valence-electron chi connectivity index (χ2n) is 6.43. The zero-order valence-electron chi connectivity index (χ0n) is 15.6. The van der Waals surface area contributed by atoms with Gasteiger partial charge in [0.1, 0.15) is 17.6 Å². The Balaban J connectivity index is 1.59. The number of nitrogens with one attached hydrogen (secondary N) is 1. The number of aromatic amines is 1. The molecule has 0 amide bonds. The van der Waals surface area contributed by atoms with E-state index in [-0.39, 0.29) is 23.9 Å². The number of nitrogens with zero attached hydrogens (tertiary/aromatic N) is 2. The van der Waals surface area contributed by atoms with Gasteiger partial charge in [0.15, 0.2) is 5.16 Å². The van der Waals surface area contributed by atoms with E-state index >= 15 is 0 Å². The molecule has 0 spiro atoms. The number of fused-ring (bicyclic) bond motifs is 3. The summed E-state index contributed by atoms with van der Waals surface area (Å²) in [5.41, 5.74) is 2.63. The van der Waals surface area contributed by atoms with E-state index < -0.39 is 0 Å². The molecule has 146 valence electrons. The van der Waals surface area contributed by atoms with Crippen molar-refractivity contribution in [3.63, 3.8) is 0 Å². The summed E-state index contributed by atoms with van der Waals surface area (Å²) in [6, 6.07) is 17.1. The molecule has 0 aliphatic carbocycles. The number of esters is 1. The van der Waals surface area contributed by atoms with Gasteiger partial charge in [-0.25, -0.2) is 4.98 Å². The predicted octanol–water partition coefficient (Wildman–Crippen LogP) is 3.90. The molecule has 0 atom stereocenters. The summed E-state index contributed by atoms with van der Waals surface area (Å²) in [4.78, 5) is 33.0. The fraction of sp³-hybridized carbons (Fsp3) is 0.136. The number of aromatic nitrogens is 3. The largest absolute Gasteiger partial charge is 0.460 e. The van der Waals surface area contributed by atoms with Crippen LogP contribution in [-0.4, -0.2) is 26.3 Å². The molecular weight excluding hydrogens is 386 g/mol. The number of hydrogen-bond donors (Lipinski definition) is 1. The number of rotatable bonds is 7. The second kappa shape index (κ2) is 8.36. The summed E-state index contributed by atoms with van der Waals surface area (Å²) in [6.45, 7) is 4.24. The summed E-state index contributed by atoms with van der Waals surface area (Å²) in [5, 5.41) is 1.34. The SMILES string of the molecule is C=CCn1c(SCC(=O)OCc2ccccc2)nc2c([nH]c3ccccc32)c1=O. The third kappa shape index (κ3) is 3.95. The van der Waals surface area contributed by atoms with Crippen molar-refractivity contribution in [3.05, 3.63) is 83.2 Å². The maximum absolute atomic E-state index is 13.0. The Bertz CT molecular complexity index is 1240. The van der Waals surface area contributed by atoms with Crippen LogP contribution < -0.4 is 5.56 Å². The Morgan fingerprint density at radius 1 is 1.17 bits per heavy atom. The minimum Gasteiger partial charge on any atom is -0.460 e. The Kier molecular flexibility index (Phi) is 5.48. The van der Waals surface area contributed by atoms with Crippen LogP contribution in [0.3, 0.4) is 0 Å². The number of allylic oxidation sites excluding steroid dienone is 1. The van der Waals surface area contributed by atoms with Crippen molar-refractivity contribution in [2.75, 3.05) is 5.75 Å². The van der Waals surface area contributed by atoms with Crippen molar-refractivity contribution >= 4 is 39.7 Å². The van der Waals surface area contributed by atoms with Gasteiger partial charge in [-0.15, -0.1) is 6.58 Å². The molecule has 1 N–H and O–H groups in total. The number of hydrogen-bond acceptors (Lipinski definition) is 5. The summed E-state index contributed by atoms with van der Waals surface area (Å²) in [6.07, 6.45) is 1.63. The van der Waals surface area contributed by atoms with E-state index in [9.17, 15) is 9.59 Å². The molecule has 2 heterocycles. The van der Waals surface area contributed by atoms with Crippen LogP contribution >= 0.6 is 11.8 Å². The molecule has 0 fully saturated rings. The number of benzene rings is 2. The Morgan fingerprint density at radius 3 is 2.72 bits per heavy atom. The van der Waals surface area contributed by atoms with E-state index in [1.54, 1.807) is 6.08 Å². The van der Waals surface area contributed by atoms with Gasteiger partial charge < -0.3 is 9.72 Å². The zero-order valence-corrected chi connectivity index (χ0v) is 16.4. The highest BCUT2D eigenvalue weighted by Gasteiger charge is 2.16. The molecule has 7 heteroatoms. The molecular formula is C22H19N3O3S. The number of carbonyl (C=O) groups excluding carboxylic acids is 1. The zero-order chi connectivity index (χ0) is 20.2. The maximum atomic E-state index is 13.0. The smallest absolute Gasteiger partial charge is 0.316 e. The molecule has 0 aliphatic rings. The molecule has 2 aromatic carbocycles. The summed E-state index contributed by atoms with van der Waals surface area (Å²) < 4.78 is 6.84. The van der Waals surface area contributed by atoms with Gasteiger partial charge in [0.05, 0.1) is 5.75 Å². The highest BCUT2D eigenvalue weighted by atomic mass is 32.2. The van der Waals surface area contributed by atoms with Crippen LogP contribution in [0.2, 0.25) is 0 Å². The first-order chi connectivity index (χ1) is 14.2. The van der Waals surface area contributed by atoms with Gasteiger partial charge in [-0.2, -0.15) is 0 Å². The molecule has 0 unspecified atom stereocenters. The summed E-state index contributed by atoms with van der Waals surface area (Å²) in [7, 11) is 0. The van der Waals surface area contributed by atoms with Gasteiger partial charge in [-0.1, -0.05) is 66.4 Å². The fourth-order valence-electron chi connectivity index (χ4n) is 3.08. The quantitative estimate of drug-likeness (QED) is 0.218. The number of para-hydroxylation sites is 1. The van der Waals surface area contributed by atoms with Crippen molar-refractivity contribution in [2.24, 2.45) is 0 Å². The van der Waals surface area contributed by atoms with E-state index in [1.807, 2.05) is 54.6 Å². The fourth-order valence-corrected chi connectivity index (χ4v) is 3.88. The number of thioether (sulfide) groups is 1. The molecule has 0 saturated carbocycles. The first-order valence-corrected chi connectivity index (χ1v) is 10.1. The van der Waals surface area contributed by atoms with Gasteiger partial charge in [-0.3, -0.25) is 14.2 Å². The van der Waals surface area contributed by atoms with Gasteiger partial charge in [0.25, 0.3) is 5.56 Å². The van der Waals surface area contributed by atoms with Crippen molar-refractivity contribution in [1.29, 1.82) is 0 Å². The van der Waals surface area contributed by atoms with Crippen LogP contribution in [0.15, 0.2) is 77.2 Å². The van der Waals surface area contributed by atoms with Gasteiger partial charge in [0, 0.05) is 17.4 Å². The highest BCUT2D eigenvalue weighted by Crippen LogP contribution is 2.24. The summed E-state index contributed by atoms with van der Waals surface area (Å²) in [5.74, 6) is -0.304. The average Bonchev–Trinajstić information content (AvgIpc) is 3.13. The second-order valence-corrected chi connectivity index (χ2v) is 7.37. The van der Waals surface area contributed by atoms with Crippen molar-refractivity contribution in [2.45, 2.75) is 18.3 Å². The first-order valence-electron chi connectivity index (χ1n) is 9.12. The van der Waals surface area contributed by atoms with Crippen LogP contribution in [0.25, 0.3) is 21.9 Å². The van der Waals surface area contributed by atoms with Crippen molar-refractivity contribution in [1.82, 2.24) is 14.5 Å². The molecule has 2 aromatic heterocycles. The number of ether oxygens (including phenoxy) is 1. The molecule has 0 radical (unpaired) electrons. The molecule has 0 aliphatic heterocycles. The maximum Gasteiger partial charge on any atom is 0.316 e. The minimum atomic E-state index is -0.364. The van der Waals surface area contributed by atoms with E-state index in [2.05, 4.69) is 16.5 Å². The molecule has 4 rings (SSSR count). The van der Waals surface area contributed by atoms with Gasteiger partial charge in [-0.05, 0) is 11.6 Å². The van der Waals surface area contributed by atoms with Crippen molar-refractivity contribution in [3.8, 4) is 0 Å². The third-order valence-corrected chi connectivity index (χ3v) is 5.40. The monoisotopic (exact) mass is 405 g/mol. The lowest BCUT2D eigenvalue weighted by Gasteiger charge is -2.10. The van der Waals surface area contributed by atoms with E-state index in [1.165, 1.54) is 16.3 Å². The van der Waals surface area contributed by atoms with Crippen LogP contribution in [-0.2, 0) is 22.7 Å². The predicted molar refractivity (Wildman–Crippen MR) is 115 cm³/mol. The highest BCUT2D eigenvalue weighted by molar-refractivity contribution is 7.99. The minimum absolute atomic E-state index is 0.0598. The molecule has 6 nitrogen and oxygen atoms in total. The molecule has 29 heavy (non-hydrogen) atoms. The average molecular weight is 405 g/mol. The Labute approximate surface area is 171 Å². The third-order valence-electron chi connectivity index (χ3n) is 4.45. The standard InChI is InChI=1S/C22H19N3O3S/c1-2-12-25-21(27)20-19(16-10-6-7-11-17(16)23-20)24-22(25)29-14-18(26)28-13-15-8-4-3-5-9-15/h2-11,23H,1,12-14H2. The van der Waals surface area contributed by atoms with Crippen LogP contribution in [0.4, 0.5) is 0 Å². The van der Waals surface area contributed by atoms with Crippen LogP contribution in [0.1, 0.15) is 5.56 Å². The van der Waals surface area contributed by atoms with Gasteiger partial charge >= 0.3 is 5.97 Å². The lowest BCUT2D eigenvalue weighted by atomic mass is 10.2. The number of carbonyl (C=O) groups is 1. The Morgan fingerprint density at radius 2 is 1.93 bits per heavy atom. The lowest BCUT2D eigenvalue weighted by molar-refractivity contribution is -0.141. The normalized spacial score (nSPS) is 11.0. The van der Waals surface area contributed by atoms with Gasteiger partial charge in [0.2, 0.25) is 0 Å². The summed E-state index contributed by atoms with van der Waals surface area (Å²) >= 11 is 1.19. The molecule has 4 aromatic rings. The number of H-pyrrole nitrogens is 1. The van der Waals surface area contributed by atoms with Crippen molar-refractivity contribution < 1.29 is 9.53 Å². The molecule has 0 saturated heterocycles. The Hall–Kier alpha value is -3.32. The van der Waals surface area contributed by atoms with E-state index in [4.69, 9.17) is 4.74 Å². The van der Waals surface area contributed by atoms with E-state index in [0.29, 0.717) is 22.7 Å².